The summed E-state index contributed by atoms with van der Waals surface area (Å²) in [5.74, 6) is 0.225. The molecule has 1 atom stereocenters. The summed E-state index contributed by atoms with van der Waals surface area (Å²) in [6.45, 7) is 1.83. The second kappa shape index (κ2) is 5.89. The maximum absolute atomic E-state index is 12.2. The minimum atomic E-state index is -0.253. The van der Waals surface area contributed by atoms with E-state index in [2.05, 4.69) is 15.5 Å². The first-order valence-corrected chi connectivity index (χ1v) is 7.68. The Kier molecular flexibility index (Phi) is 3.59. The minimum absolute atomic E-state index is 0.233. The van der Waals surface area contributed by atoms with Crippen molar-refractivity contribution >= 4 is 16.8 Å². The number of aromatic amines is 1. The third-order valence-corrected chi connectivity index (χ3v) is 4.17. The number of H-pyrrole nitrogens is 1. The number of nitrogens with one attached hydrogen (secondary N) is 2. The smallest absolute Gasteiger partial charge is 0.290 e. The molecule has 6 heteroatoms. The summed E-state index contributed by atoms with van der Waals surface area (Å²) in [7, 11) is 0. The Hall–Kier alpha value is -2.60. The number of nitrogens with zero attached hydrogens (tertiary/aromatic N) is 1. The maximum atomic E-state index is 12.2. The van der Waals surface area contributed by atoms with Crippen molar-refractivity contribution in [2.24, 2.45) is 0 Å². The molecule has 0 unspecified atom stereocenters. The van der Waals surface area contributed by atoms with E-state index >= 15 is 0 Å². The molecule has 0 saturated carbocycles. The molecule has 1 saturated heterocycles. The van der Waals surface area contributed by atoms with Crippen LogP contribution >= 0.6 is 0 Å². The molecule has 0 radical (unpaired) electrons. The molecule has 1 amide bonds. The summed E-state index contributed by atoms with van der Waals surface area (Å²) in [6, 6.07) is 9.76. The highest BCUT2D eigenvalue weighted by Gasteiger charge is 2.23. The third-order valence-electron chi connectivity index (χ3n) is 4.17. The first-order valence-electron chi connectivity index (χ1n) is 7.68. The zero-order chi connectivity index (χ0) is 15.6. The Bertz CT molecular complexity index is 830. The lowest BCUT2D eigenvalue weighted by atomic mass is 10.1. The first-order chi connectivity index (χ1) is 11.3. The Balaban J connectivity index is 1.41. The fraction of sp³-hybridized carbons (Fsp3) is 0.294. The van der Waals surface area contributed by atoms with Crippen LogP contribution in [0.2, 0.25) is 0 Å². The molecule has 1 aliphatic rings. The zero-order valence-corrected chi connectivity index (χ0v) is 12.5. The molecule has 23 heavy (non-hydrogen) atoms. The van der Waals surface area contributed by atoms with Crippen LogP contribution in [0.5, 0.6) is 0 Å². The van der Waals surface area contributed by atoms with Crippen LogP contribution in [0, 0.1) is 0 Å². The number of ether oxygens (including phenoxy) is 1. The van der Waals surface area contributed by atoms with Crippen molar-refractivity contribution in [2.75, 3.05) is 13.2 Å². The van der Waals surface area contributed by atoms with E-state index in [1.54, 1.807) is 6.07 Å². The number of hydrogen-bond donors (Lipinski definition) is 2. The molecule has 2 N–H and O–H groups in total. The minimum Gasteiger partial charge on any atom is -0.381 e. The van der Waals surface area contributed by atoms with Crippen LogP contribution in [0.4, 0.5) is 0 Å². The van der Waals surface area contributed by atoms with Gasteiger partial charge in [0.1, 0.15) is 0 Å². The second-order valence-electron chi connectivity index (χ2n) is 5.76. The molecule has 1 fully saturated rings. The number of hydrogen-bond acceptors (Lipinski definition) is 4. The van der Waals surface area contributed by atoms with Crippen LogP contribution in [-0.2, 0) is 11.3 Å². The summed E-state index contributed by atoms with van der Waals surface area (Å²) in [6.07, 6.45) is 2.82. The van der Waals surface area contributed by atoms with Crippen molar-refractivity contribution in [3.8, 4) is 0 Å². The number of amides is 1. The van der Waals surface area contributed by atoms with E-state index in [0.717, 1.165) is 35.2 Å². The SMILES string of the molecule is O=C(NCc1ccc2[nH]ccc2c1)c1cc([C@@H]2CCOC2)no1. The predicted molar refractivity (Wildman–Crippen MR) is 84.1 cm³/mol. The maximum Gasteiger partial charge on any atom is 0.290 e. The average molecular weight is 311 g/mol. The average Bonchev–Trinajstić information content (AvgIpc) is 3.32. The fourth-order valence-electron chi connectivity index (χ4n) is 2.84. The number of aromatic nitrogens is 2. The molecule has 4 rings (SSSR count). The van der Waals surface area contributed by atoms with Gasteiger partial charge in [0.2, 0.25) is 5.76 Å². The zero-order valence-electron chi connectivity index (χ0n) is 12.5. The summed E-state index contributed by atoms with van der Waals surface area (Å²) >= 11 is 0. The van der Waals surface area contributed by atoms with Gasteiger partial charge in [0.05, 0.1) is 12.3 Å². The van der Waals surface area contributed by atoms with Gasteiger partial charge in [0.15, 0.2) is 0 Å². The standard InChI is InChI=1S/C17H17N3O3/c21-17(16-8-15(20-23-16)13-4-6-22-10-13)19-9-11-1-2-14-12(7-11)3-5-18-14/h1-3,5,7-8,13,18H,4,6,9-10H2,(H,19,21)/t13-/m1/s1. The van der Waals surface area contributed by atoms with Gasteiger partial charge in [0, 0.05) is 36.8 Å². The summed E-state index contributed by atoms with van der Waals surface area (Å²) in [5.41, 5.74) is 2.91. The lowest BCUT2D eigenvalue weighted by Gasteiger charge is -2.03. The third kappa shape index (κ3) is 2.85. The molecule has 1 aliphatic heterocycles. The Morgan fingerprint density at radius 3 is 3.17 bits per heavy atom. The molecule has 0 spiro atoms. The van der Waals surface area contributed by atoms with Crippen molar-refractivity contribution in [2.45, 2.75) is 18.9 Å². The van der Waals surface area contributed by atoms with Gasteiger partial charge in [-0.05, 0) is 35.6 Å². The van der Waals surface area contributed by atoms with E-state index in [1.165, 1.54) is 0 Å². The second-order valence-corrected chi connectivity index (χ2v) is 5.76. The Labute approximate surface area is 132 Å². The lowest BCUT2D eigenvalue weighted by molar-refractivity contribution is 0.0914. The molecule has 3 aromatic rings. The van der Waals surface area contributed by atoms with Crippen molar-refractivity contribution < 1.29 is 14.1 Å². The van der Waals surface area contributed by atoms with Gasteiger partial charge < -0.3 is 19.6 Å². The van der Waals surface area contributed by atoms with Gasteiger partial charge in [-0.25, -0.2) is 0 Å². The number of carbonyl (C=O) groups is 1. The monoisotopic (exact) mass is 311 g/mol. The van der Waals surface area contributed by atoms with E-state index in [0.29, 0.717) is 13.2 Å². The lowest BCUT2D eigenvalue weighted by Crippen LogP contribution is -2.22. The van der Waals surface area contributed by atoms with Crippen LogP contribution in [0.25, 0.3) is 10.9 Å². The molecular weight excluding hydrogens is 294 g/mol. The summed E-state index contributed by atoms with van der Waals surface area (Å²) in [4.78, 5) is 15.3. The van der Waals surface area contributed by atoms with E-state index in [4.69, 9.17) is 9.26 Å². The largest absolute Gasteiger partial charge is 0.381 e. The molecule has 118 valence electrons. The Morgan fingerprint density at radius 1 is 1.35 bits per heavy atom. The molecular formula is C17H17N3O3. The highest BCUT2D eigenvalue weighted by Crippen LogP contribution is 2.24. The first kappa shape index (κ1) is 14.0. The van der Waals surface area contributed by atoms with Crippen LogP contribution in [0.15, 0.2) is 41.1 Å². The molecule has 3 heterocycles. The van der Waals surface area contributed by atoms with E-state index in [9.17, 15) is 4.79 Å². The number of carbonyl (C=O) groups excluding carboxylic acids is 1. The van der Waals surface area contributed by atoms with Gasteiger partial charge in [-0.1, -0.05) is 11.2 Å². The van der Waals surface area contributed by atoms with Gasteiger partial charge >= 0.3 is 0 Å². The number of fused-ring (bicyclic) bond motifs is 1. The predicted octanol–water partition coefficient (Wildman–Crippen LogP) is 2.59. The van der Waals surface area contributed by atoms with Crippen molar-refractivity contribution in [3.63, 3.8) is 0 Å². The van der Waals surface area contributed by atoms with E-state index in [-0.39, 0.29) is 17.6 Å². The topological polar surface area (TPSA) is 80.2 Å². The quantitative estimate of drug-likeness (QED) is 0.776. The van der Waals surface area contributed by atoms with Gasteiger partial charge in [-0.3, -0.25) is 4.79 Å². The van der Waals surface area contributed by atoms with E-state index < -0.39 is 0 Å². The van der Waals surface area contributed by atoms with Gasteiger partial charge in [-0.15, -0.1) is 0 Å². The molecule has 0 aliphatic carbocycles. The van der Waals surface area contributed by atoms with Crippen LogP contribution in [-0.4, -0.2) is 29.3 Å². The van der Waals surface area contributed by atoms with Gasteiger partial charge in [-0.2, -0.15) is 0 Å². The van der Waals surface area contributed by atoms with E-state index in [1.807, 2.05) is 30.5 Å². The molecule has 1 aromatic carbocycles. The van der Waals surface area contributed by atoms with Crippen LogP contribution in [0.3, 0.4) is 0 Å². The van der Waals surface area contributed by atoms with Crippen LogP contribution < -0.4 is 5.32 Å². The van der Waals surface area contributed by atoms with Gasteiger partial charge in [0.25, 0.3) is 5.91 Å². The van der Waals surface area contributed by atoms with Crippen LogP contribution in [0.1, 0.15) is 34.2 Å². The summed E-state index contributed by atoms with van der Waals surface area (Å²) < 4.78 is 10.5. The highest BCUT2D eigenvalue weighted by atomic mass is 16.5. The highest BCUT2D eigenvalue weighted by molar-refractivity contribution is 5.91. The van der Waals surface area contributed by atoms with Crippen molar-refractivity contribution in [3.05, 3.63) is 53.5 Å². The Morgan fingerprint density at radius 2 is 2.30 bits per heavy atom. The molecule has 2 aromatic heterocycles. The fourth-order valence-corrected chi connectivity index (χ4v) is 2.84. The number of rotatable bonds is 4. The molecule has 0 bridgehead atoms. The normalized spacial score (nSPS) is 17.7. The molecule has 6 nitrogen and oxygen atoms in total. The number of benzene rings is 1. The van der Waals surface area contributed by atoms with Crippen molar-refractivity contribution in [1.82, 2.24) is 15.5 Å². The summed E-state index contributed by atoms with van der Waals surface area (Å²) in [5, 5.41) is 7.98. The van der Waals surface area contributed by atoms with Crippen molar-refractivity contribution in [1.29, 1.82) is 0 Å².